The minimum atomic E-state index is 0.101. The summed E-state index contributed by atoms with van der Waals surface area (Å²) in [7, 11) is 1.96. The fourth-order valence-electron chi connectivity index (χ4n) is 2.01. The normalized spacial score (nSPS) is 12.7. The quantitative estimate of drug-likeness (QED) is 0.767. The molecular formula is C13H15BrIN3. The first-order valence-corrected chi connectivity index (χ1v) is 7.67. The van der Waals surface area contributed by atoms with E-state index in [2.05, 4.69) is 78.5 Å². The summed E-state index contributed by atoms with van der Waals surface area (Å²) in [6, 6.07) is 6.46. The SMILES string of the molecule is CCn1ccnc1C(NC)c1cc(I)ccc1Br. The van der Waals surface area contributed by atoms with E-state index in [1.165, 1.54) is 9.13 Å². The summed E-state index contributed by atoms with van der Waals surface area (Å²) < 4.78 is 4.49. The lowest BCUT2D eigenvalue weighted by atomic mass is 10.1. The molecule has 0 bridgehead atoms. The number of imidazole rings is 1. The van der Waals surface area contributed by atoms with Crippen LogP contribution in [0.4, 0.5) is 0 Å². The first-order valence-electron chi connectivity index (χ1n) is 5.80. The Balaban J connectivity index is 2.48. The summed E-state index contributed by atoms with van der Waals surface area (Å²) in [4.78, 5) is 4.48. The molecule has 0 saturated heterocycles. The van der Waals surface area contributed by atoms with Gasteiger partial charge in [-0.05, 0) is 60.3 Å². The molecule has 2 rings (SSSR count). The zero-order valence-electron chi connectivity index (χ0n) is 10.3. The van der Waals surface area contributed by atoms with Crippen molar-refractivity contribution in [1.82, 2.24) is 14.9 Å². The van der Waals surface area contributed by atoms with Gasteiger partial charge in [0.1, 0.15) is 5.82 Å². The Kier molecular flexibility index (Phi) is 4.80. The van der Waals surface area contributed by atoms with Crippen molar-refractivity contribution < 1.29 is 0 Å². The van der Waals surface area contributed by atoms with E-state index in [1.54, 1.807) is 0 Å². The molecule has 1 aromatic carbocycles. The summed E-state index contributed by atoms with van der Waals surface area (Å²) in [6.07, 6.45) is 3.87. The zero-order valence-corrected chi connectivity index (χ0v) is 14.1. The molecule has 0 saturated carbocycles. The van der Waals surface area contributed by atoms with Gasteiger partial charge in [0.2, 0.25) is 0 Å². The van der Waals surface area contributed by atoms with Crippen LogP contribution in [-0.4, -0.2) is 16.6 Å². The number of rotatable bonds is 4. The second-order valence-electron chi connectivity index (χ2n) is 3.96. The van der Waals surface area contributed by atoms with Gasteiger partial charge in [-0.15, -0.1) is 0 Å². The van der Waals surface area contributed by atoms with E-state index in [0.29, 0.717) is 0 Å². The van der Waals surface area contributed by atoms with Crippen LogP contribution in [0.5, 0.6) is 0 Å². The van der Waals surface area contributed by atoms with Crippen molar-refractivity contribution in [3.8, 4) is 0 Å². The van der Waals surface area contributed by atoms with E-state index in [-0.39, 0.29) is 6.04 Å². The Morgan fingerprint density at radius 2 is 2.28 bits per heavy atom. The van der Waals surface area contributed by atoms with Crippen LogP contribution in [0, 0.1) is 3.57 Å². The fourth-order valence-corrected chi connectivity index (χ4v) is 3.00. The summed E-state index contributed by atoms with van der Waals surface area (Å²) in [5.74, 6) is 1.04. The third-order valence-electron chi connectivity index (χ3n) is 2.90. The number of nitrogens with zero attached hydrogens (tertiary/aromatic N) is 2. The van der Waals surface area contributed by atoms with Crippen LogP contribution >= 0.6 is 38.5 Å². The van der Waals surface area contributed by atoms with Gasteiger partial charge >= 0.3 is 0 Å². The summed E-state index contributed by atoms with van der Waals surface area (Å²) in [5.41, 5.74) is 1.21. The molecule has 1 N–H and O–H groups in total. The minimum Gasteiger partial charge on any atom is -0.334 e. The highest BCUT2D eigenvalue weighted by molar-refractivity contribution is 14.1. The number of hydrogen-bond donors (Lipinski definition) is 1. The topological polar surface area (TPSA) is 29.9 Å². The van der Waals surface area contributed by atoms with E-state index in [9.17, 15) is 0 Å². The lowest BCUT2D eigenvalue weighted by molar-refractivity contribution is 0.588. The van der Waals surface area contributed by atoms with Gasteiger partial charge < -0.3 is 9.88 Å². The minimum absolute atomic E-state index is 0.101. The third-order valence-corrected chi connectivity index (χ3v) is 4.30. The lowest BCUT2D eigenvalue weighted by Crippen LogP contribution is -2.22. The number of aromatic nitrogens is 2. The predicted molar refractivity (Wildman–Crippen MR) is 85.7 cm³/mol. The molecule has 1 aromatic heterocycles. The summed E-state index contributed by atoms with van der Waals surface area (Å²) in [6.45, 7) is 3.05. The highest BCUT2D eigenvalue weighted by Gasteiger charge is 2.19. The second kappa shape index (κ2) is 6.16. The molecular weight excluding hydrogens is 405 g/mol. The molecule has 0 aliphatic heterocycles. The highest BCUT2D eigenvalue weighted by Crippen LogP contribution is 2.29. The van der Waals surface area contributed by atoms with Gasteiger partial charge in [-0.1, -0.05) is 15.9 Å². The molecule has 0 amide bonds. The van der Waals surface area contributed by atoms with Crippen LogP contribution in [0.3, 0.4) is 0 Å². The monoisotopic (exact) mass is 419 g/mol. The molecule has 3 nitrogen and oxygen atoms in total. The molecule has 5 heteroatoms. The van der Waals surface area contributed by atoms with Crippen LogP contribution in [-0.2, 0) is 6.54 Å². The van der Waals surface area contributed by atoms with Crippen LogP contribution in [0.1, 0.15) is 24.4 Å². The molecule has 0 spiro atoms. The summed E-state index contributed by atoms with van der Waals surface area (Å²) >= 11 is 5.96. The molecule has 0 aliphatic carbocycles. The Labute approximate surface area is 129 Å². The first-order chi connectivity index (χ1) is 8.67. The summed E-state index contributed by atoms with van der Waals surface area (Å²) in [5, 5.41) is 3.35. The molecule has 0 fully saturated rings. The lowest BCUT2D eigenvalue weighted by Gasteiger charge is -2.19. The Hall–Kier alpha value is -0.400. The Morgan fingerprint density at radius 3 is 2.94 bits per heavy atom. The third kappa shape index (κ3) is 2.78. The van der Waals surface area contributed by atoms with Gasteiger partial charge in [0.25, 0.3) is 0 Å². The molecule has 0 aliphatic rings. The van der Waals surface area contributed by atoms with Crippen LogP contribution in [0.25, 0.3) is 0 Å². The molecule has 1 unspecified atom stereocenters. The van der Waals surface area contributed by atoms with Crippen LogP contribution in [0.15, 0.2) is 35.1 Å². The maximum Gasteiger partial charge on any atom is 0.130 e. The van der Waals surface area contributed by atoms with Gasteiger partial charge in [-0.2, -0.15) is 0 Å². The van der Waals surface area contributed by atoms with Crippen molar-refractivity contribution in [1.29, 1.82) is 0 Å². The molecule has 0 radical (unpaired) electrons. The Bertz CT molecular complexity index is 539. The van der Waals surface area contributed by atoms with E-state index >= 15 is 0 Å². The average molecular weight is 420 g/mol. The fraction of sp³-hybridized carbons (Fsp3) is 0.308. The van der Waals surface area contributed by atoms with Crippen molar-refractivity contribution in [2.45, 2.75) is 19.5 Å². The smallest absolute Gasteiger partial charge is 0.130 e. The number of nitrogens with one attached hydrogen (secondary N) is 1. The van der Waals surface area contributed by atoms with Gasteiger partial charge in [0.15, 0.2) is 0 Å². The van der Waals surface area contributed by atoms with Crippen molar-refractivity contribution in [3.05, 3.63) is 50.0 Å². The number of halogens is 2. The molecule has 96 valence electrons. The van der Waals surface area contributed by atoms with Gasteiger partial charge in [-0.25, -0.2) is 4.98 Å². The van der Waals surface area contributed by atoms with Gasteiger partial charge in [0.05, 0.1) is 6.04 Å². The standard InChI is InChI=1S/C13H15BrIN3/c1-3-18-7-6-17-13(18)12(16-2)10-8-9(15)4-5-11(10)14/h4-8,12,16H,3H2,1-2H3. The maximum atomic E-state index is 4.48. The maximum absolute atomic E-state index is 4.48. The van der Waals surface area contributed by atoms with E-state index in [1.807, 2.05) is 19.4 Å². The number of aryl methyl sites for hydroxylation is 1. The molecule has 1 heterocycles. The highest BCUT2D eigenvalue weighted by atomic mass is 127. The molecule has 2 aromatic rings. The molecule has 18 heavy (non-hydrogen) atoms. The van der Waals surface area contributed by atoms with Gasteiger partial charge in [0, 0.05) is 27.0 Å². The molecule has 1 atom stereocenters. The van der Waals surface area contributed by atoms with Crippen LogP contribution in [0.2, 0.25) is 0 Å². The largest absolute Gasteiger partial charge is 0.334 e. The van der Waals surface area contributed by atoms with Gasteiger partial charge in [-0.3, -0.25) is 0 Å². The predicted octanol–water partition coefficient (Wildman–Crippen LogP) is 3.58. The first kappa shape index (κ1) is 14.0. The Morgan fingerprint density at radius 1 is 1.50 bits per heavy atom. The van der Waals surface area contributed by atoms with Crippen LogP contribution < -0.4 is 5.32 Å². The van der Waals surface area contributed by atoms with Crippen molar-refractivity contribution in [2.75, 3.05) is 7.05 Å². The second-order valence-corrected chi connectivity index (χ2v) is 6.06. The van der Waals surface area contributed by atoms with Crippen molar-refractivity contribution >= 4 is 38.5 Å². The van der Waals surface area contributed by atoms with E-state index in [4.69, 9.17) is 0 Å². The van der Waals surface area contributed by atoms with Crippen molar-refractivity contribution in [2.24, 2.45) is 0 Å². The average Bonchev–Trinajstić information content (AvgIpc) is 2.83. The van der Waals surface area contributed by atoms with E-state index in [0.717, 1.165) is 16.8 Å². The van der Waals surface area contributed by atoms with E-state index < -0.39 is 0 Å². The number of hydrogen-bond acceptors (Lipinski definition) is 2. The zero-order chi connectivity index (χ0) is 13.1. The van der Waals surface area contributed by atoms with Crippen molar-refractivity contribution in [3.63, 3.8) is 0 Å². The number of benzene rings is 1.